The predicted octanol–water partition coefficient (Wildman–Crippen LogP) is 8.72. The quantitative estimate of drug-likeness (QED) is 0.239. The van der Waals surface area contributed by atoms with E-state index in [-0.39, 0.29) is 5.92 Å². The Morgan fingerprint density at radius 1 is 0.871 bits per heavy atom. The van der Waals surface area contributed by atoms with Gasteiger partial charge in [-0.15, -0.1) is 0 Å². The summed E-state index contributed by atoms with van der Waals surface area (Å²) in [4.78, 5) is 0. The Kier molecular flexibility index (Phi) is 8.58. The number of allylic oxidation sites excluding steroid dienone is 2. The monoisotopic (exact) mass is 435 g/mol. The van der Waals surface area contributed by atoms with Gasteiger partial charge in [-0.3, -0.25) is 0 Å². The van der Waals surface area contributed by atoms with Gasteiger partial charge in [0.2, 0.25) is 0 Å². The number of benzene rings is 1. The van der Waals surface area contributed by atoms with Crippen LogP contribution in [-0.4, -0.2) is 0 Å². The van der Waals surface area contributed by atoms with Gasteiger partial charge in [0, 0.05) is 0 Å². The molecule has 2 aliphatic rings. The van der Waals surface area contributed by atoms with Crippen LogP contribution in [0.25, 0.3) is 0 Å². The molecule has 0 atom stereocenters. The predicted molar refractivity (Wildman–Crippen MR) is 115 cm³/mol. The maximum atomic E-state index is 13.1. The number of rotatable bonds is 7. The SMILES string of the molecule is N#CC(F)=C[C@H]1CC[C@H](CCCC[C@H]2CC[C@H](c3ccc(C(F)(F)F)cc3)CC2)CC1. The Morgan fingerprint density at radius 3 is 1.87 bits per heavy atom. The van der Waals surface area contributed by atoms with Gasteiger partial charge < -0.3 is 0 Å². The molecule has 2 fully saturated rings. The van der Waals surface area contributed by atoms with E-state index in [9.17, 15) is 17.6 Å². The lowest BCUT2D eigenvalue weighted by atomic mass is 9.76. The van der Waals surface area contributed by atoms with E-state index in [1.807, 2.05) is 0 Å². The molecule has 0 aliphatic heterocycles. The Hall–Kier alpha value is -1.83. The van der Waals surface area contributed by atoms with Crippen molar-refractivity contribution in [1.29, 1.82) is 5.26 Å². The average Bonchev–Trinajstić information content (AvgIpc) is 2.77. The third-order valence-electron chi connectivity index (χ3n) is 7.41. The highest BCUT2D eigenvalue weighted by Crippen LogP contribution is 2.39. The Labute approximate surface area is 183 Å². The molecule has 2 aliphatic carbocycles. The van der Waals surface area contributed by atoms with Crippen molar-refractivity contribution in [2.45, 2.75) is 89.1 Å². The van der Waals surface area contributed by atoms with Gasteiger partial charge in [0.25, 0.3) is 0 Å². The van der Waals surface area contributed by atoms with E-state index < -0.39 is 17.6 Å². The van der Waals surface area contributed by atoms with E-state index in [4.69, 9.17) is 5.26 Å². The summed E-state index contributed by atoms with van der Waals surface area (Å²) in [6.45, 7) is 0. The first kappa shape index (κ1) is 23.8. The van der Waals surface area contributed by atoms with Crippen molar-refractivity contribution in [3.05, 3.63) is 47.3 Å². The number of alkyl halides is 3. The highest BCUT2D eigenvalue weighted by Gasteiger charge is 2.30. The van der Waals surface area contributed by atoms with Crippen LogP contribution in [0.15, 0.2) is 36.2 Å². The lowest BCUT2D eigenvalue weighted by Crippen LogP contribution is -2.15. The van der Waals surface area contributed by atoms with Crippen LogP contribution in [0.5, 0.6) is 0 Å². The maximum Gasteiger partial charge on any atom is 0.416 e. The first-order valence-electron chi connectivity index (χ1n) is 11.8. The van der Waals surface area contributed by atoms with Crippen LogP contribution in [0.3, 0.4) is 0 Å². The van der Waals surface area contributed by atoms with Crippen LogP contribution in [0.2, 0.25) is 0 Å². The first-order valence-corrected chi connectivity index (χ1v) is 11.8. The van der Waals surface area contributed by atoms with Crippen molar-refractivity contribution in [2.75, 3.05) is 0 Å². The molecule has 170 valence electrons. The third-order valence-corrected chi connectivity index (χ3v) is 7.41. The topological polar surface area (TPSA) is 23.8 Å². The highest BCUT2D eigenvalue weighted by atomic mass is 19.4. The minimum atomic E-state index is -4.26. The molecule has 1 aromatic carbocycles. The Morgan fingerprint density at radius 2 is 1.39 bits per heavy atom. The molecule has 2 saturated carbocycles. The fourth-order valence-corrected chi connectivity index (χ4v) is 5.48. The zero-order valence-corrected chi connectivity index (χ0v) is 18.1. The molecule has 0 bridgehead atoms. The molecule has 0 saturated heterocycles. The zero-order chi connectivity index (χ0) is 22.3. The second-order valence-corrected chi connectivity index (χ2v) is 9.53. The van der Waals surface area contributed by atoms with Crippen molar-refractivity contribution in [3.63, 3.8) is 0 Å². The smallest absolute Gasteiger partial charge is 0.195 e. The summed E-state index contributed by atoms with van der Waals surface area (Å²) in [6.07, 6.45) is 11.0. The molecule has 1 nitrogen and oxygen atoms in total. The molecule has 0 unspecified atom stereocenters. The van der Waals surface area contributed by atoms with Crippen LogP contribution in [0.4, 0.5) is 17.6 Å². The molecule has 0 aromatic heterocycles. The van der Waals surface area contributed by atoms with Crippen molar-refractivity contribution in [3.8, 4) is 6.07 Å². The summed E-state index contributed by atoms with van der Waals surface area (Å²) in [5.74, 6) is 1.48. The minimum absolute atomic E-state index is 0.232. The van der Waals surface area contributed by atoms with Gasteiger partial charge in [-0.1, -0.05) is 37.8 Å². The molecular formula is C26H33F4N. The summed E-state index contributed by atoms with van der Waals surface area (Å²) >= 11 is 0. The van der Waals surface area contributed by atoms with Gasteiger partial charge >= 0.3 is 6.18 Å². The summed E-state index contributed by atoms with van der Waals surface area (Å²) < 4.78 is 51.3. The van der Waals surface area contributed by atoms with E-state index in [0.29, 0.717) is 5.92 Å². The fraction of sp³-hybridized carbons (Fsp3) is 0.654. The van der Waals surface area contributed by atoms with Gasteiger partial charge in [-0.25, -0.2) is 0 Å². The minimum Gasteiger partial charge on any atom is -0.195 e. The van der Waals surface area contributed by atoms with Crippen molar-refractivity contribution >= 4 is 0 Å². The number of nitriles is 1. The molecule has 3 rings (SSSR count). The van der Waals surface area contributed by atoms with Crippen LogP contribution in [-0.2, 0) is 6.18 Å². The van der Waals surface area contributed by atoms with Gasteiger partial charge in [0.1, 0.15) is 6.07 Å². The van der Waals surface area contributed by atoms with Crippen molar-refractivity contribution in [1.82, 2.24) is 0 Å². The van der Waals surface area contributed by atoms with Crippen LogP contribution < -0.4 is 0 Å². The van der Waals surface area contributed by atoms with E-state index >= 15 is 0 Å². The molecule has 31 heavy (non-hydrogen) atoms. The molecule has 5 heteroatoms. The van der Waals surface area contributed by atoms with Crippen LogP contribution in [0, 0.1) is 29.1 Å². The number of halogens is 4. The van der Waals surface area contributed by atoms with E-state index in [0.717, 1.165) is 55.9 Å². The largest absolute Gasteiger partial charge is 0.416 e. The summed E-state index contributed by atoms with van der Waals surface area (Å²) in [5.41, 5.74) is 0.482. The summed E-state index contributed by atoms with van der Waals surface area (Å²) in [5, 5.41) is 8.55. The lowest BCUT2D eigenvalue weighted by Gasteiger charge is -2.29. The third kappa shape index (κ3) is 7.37. The zero-order valence-electron chi connectivity index (χ0n) is 18.1. The maximum absolute atomic E-state index is 13.1. The van der Waals surface area contributed by atoms with E-state index in [1.54, 1.807) is 18.2 Å². The molecule has 0 heterocycles. The Bertz CT molecular complexity index is 743. The molecule has 0 N–H and O–H groups in total. The number of nitrogens with zero attached hydrogens (tertiary/aromatic N) is 1. The van der Waals surface area contributed by atoms with Crippen LogP contribution >= 0.6 is 0 Å². The van der Waals surface area contributed by atoms with Gasteiger partial charge in [0.05, 0.1) is 5.56 Å². The summed E-state index contributed by atoms with van der Waals surface area (Å²) in [6, 6.07) is 7.32. The van der Waals surface area contributed by atoms with Gasteiger partial charge in [0.15, 0.2) is 5.83 Å². The van der Waals surface area contributed by atoms with Gasteiger partial charge in [-0.05, 0) is 98.8 Å². The number of hydrogen-bond acceptors (Lipinski definition) is 1. The van der Waals surface area contributed by atoms with Crippen molar-refractivity contribution < 1.29 is 17.6 Å². The highest BCUT2D eigenvalue weighted by molar-refractivity contribution is 5.27. The van der Waals surface area contributed by atoms with Gasteiger partial charge in [-0.2, -0.15) is 22.8 Å². The first-order chi connectivity index (χ1) is 14.8. The molecule has 0 amide bonds. The Balaban J connectivity index is 1.29. The standard InChI is InChI=1S/C26H33F4N/c27-25(18-31)17-21-7-5-19(6-8-21)3-1-2-4-20-9-11-22(12-10-20)23-13-15-24(16-14-23)26(28,29)30/h13-17,19-22H,1-12H2/t19-,20-,21-,22-. The second-order valence-electron chi connectivity index (χ2n) is 9.53. The van der Waals surface area contributed by atoms with E-state index in [1.165, 1.54) is 56.7 Å². The fourth-order valence-electron chi connectivity index (χ4n) is 5.48. The van der Waals surface area contributed by atoms with Crippen LogP contribution in [0.1, 0.15) is 94.1 Å². The van der Waals surface area contributed by atoms with Crippen molar-refractivity contribution in [2.24, 2.45) is 17.8 Å². The number of unbranched alkanes of at least 4 members (excludes halogenated alkanes) is 1. The lowest BCUT2D eigenvalue weighted by molar-refractivity contribution is -0.137. The summed E-state index contributed by atoms with van der Waals surface area (Å²) in [7, 11) is 0. The molecule has 0 radical (unpaired) electrons. The molecule has 0 spiro atoms. The van der Waals surface area contributed by atoms with E-state index in [2.05, 4.69) is 0 Å². The number of hydrogen-bond donors (Lipinski definition) is 0. The molecular weight excluding hydrogens is 402 g/mol. The normalized spacial score (nSPS) is 27.6. The average molecular weight is 436 g/mol. The second kappa shape index (κ2) is 11.2. The molecule has 1 aromatic rings.